The molecular weight excluding hydrogens is 404 g/mol. The van der Waals surface area contributed by atoms with E-state index in [1.54, 1.807) is 11.8 Å². The maximum atomic E-state index is 13.7. The Morgan fingerprint density at radius 3 is 2.27 bits per heavy atom. The summed E-state index contributed by atoms with van der Waals surface area (Å²) in [5.74, 6) is 0.623. The SMILES string of the molecule is CC(=O)OC1C2OC(=O)C3C2SC1C3C(=O)OC1(C(C)C)C2CC3CC(C2)CC1C3. The third kappa shape index (κ3) is 2.41. The van der Waals surface area contributed by atoms with Gasteiger partial charge in [-0.2, -0.15) is 0 Å². The van der Waals surface area contributed by atoms with E-state index in [2.05, 4.69) is 13.8 Å². The van der Waals surface area contributed by atoms with Crippen molar-refractivity contribution in [2.75, 3.05) is 0 Å². The van der Waals surface area contributed by atoms with Crippen LogP contribution < -0.4 is 0 Å². The van der Waals surface area contributed by atoms with Crippen LogP contribution in [0.25, 0.3) is 0 Å². The first-order chi connectivity index (χ1) is 14.3. The Bertz CT molecular complexity index is 780. The van der Waals surface area contributed by atoms with Crippen molar-refractivity contribution in [3.8, 4) is 0 Å². The van der Waals surface area contributed by atoms with Crippen LogP contribution in [0.5, 0.6) is 0 Å². The second-order valence-corrected chi connectivity index (χ2v) is 12.2. The maximum Gasteiger partial charge on any atom is 0.311 e. The standard InChI is InChI=1S/C23H30O6S/c1-9(2)23(13-5-11-4-12(7-13)8-14(23)6-11)29-22(26)16-15-19-18(28-21(15)25)17(20(16)30-19)27-10(3)24/h9,11-20H,4-8H2,1-3H3. The van der Waals surface area contributed by atoms with Gasteiger partial charge in [-0.05, 0) is 61.7 Å². The summed E-state index contributed by atoms with van der Waals surface area (Å²) in [6, 6.07) is 0. The molecule has 0 spiro atoms. The third-order valence-corrected chi connectivity index (χ3v) is 10.8. The van der Waals surface area contributed by atoms with Gasteiger partial charge in [0.2, 0.25) is 0 Å². The quantitative estimate of drug-likeness (QED) is 0.497. The van der Waals surface area contributed by atoms with Crippen LogP contribution in [0.4, 0.5) is 0 Å². The number of rotatable bonds is 4. The summed E-state index contributed by atoms with van der Waals surface area (Å²) < 4.78 is 17.6. The molecule has 3 aliphatic heterocycles. The van der Waals surface area contributed by atoms with Crippen molar-refractivity contribution in [1.29, 1.82) is 0 Å². The van der Waals surface area contributed by atoms with Gasteiger partial charge in [0.25, 0.3) is 0 Å². The molecule has 0 aromatic carbocycles. The molecule has 30 heavy (non-hydrogen) atoms. The molecule has 0 aromatic heterocycles. The van der Waals surface area contributed by atoms with E-state index in [1.807, 2.05) is 0 Å². The summed E-state index contributed by atoms with van der Waals surface area (Å²) in [5.41, 5.74) is -0.421. The Morgan fingerprint density at radius 2 is 1.70 bits per heavy atom. The Labute approximate surface area is 181 Å². The van der Waals surface area contributed by atoms with E-state index in [0.29, 0.717) is 11.8 Å². The number of fused-ring (bicyclic) bond motifs is 1. The topological polar surface area (TPSA) is 78.9 Å². The zero-order valence-corrected chi connectivity index (χ0v) is 18.6. The van der Waals surface area contributed by atoms with E-state index in [0.717, 1.165) is 37.5 Å². The highest BCUT2D eigenvalue weighted by molar-refractivity contribution is 8.01. The normalized spacial score (nSPS) is 52.1. The largest absolute Gasteiger partial charge is 0.458 e. The summed E-state index contributed by atoms with van der Waals surface area (Å²) in [7, 11) is 0. The van der Waals surface area contributed by atoms with Gasteiger partial charge >= 0.3 is 17.9 Å². The average molecular weight is 435 g/mol. The molecule has 6 unspecified atom stereocenters. The summed E-state index contributed by atoms with van der Waals surface area (Å²) in [5, 5.41) is -0.369. The van der Waals surface area contributed by atoms with E-state index in [1.165, 1.54) is 13.3 Å². The maximum absolute atomic E-state index is 13.7. The second-order valence-electron chi connectivity index (χ2n) is 10.8. The van der Waals surface area contributed by atoms with E-state index in [4.69, 9.17) is 14.2 Å². The van der Waals surface area contributed by atoms with Crippen molar-refractivity contribution in [2.45, 2.75) is 81.2 Å². The van der Waals surface area contributed by atoms with Crippen LogP contribution in [0.2, 0.25) is 0 Å². The molecule has 0 amide bonds. The van der Waals surface area contributed by atoms with Gasteiger partial charge in [0.05, 0.1) is 22.3 Å². The Hall–Kier alpha value is -1.24. The molecule has 4 saturated carbocycles. The van der Waals surface area contributed by atoms with Gasteiger partial charge in [-0.1, -0.05) is 13.8 Å². The van der Waals surface area contributed by atoms with Gasteiger partial charge in [0.1, 0.15) is 5.60 Å². The first-order valence-corrected chi connectivity index (χ1v) is 12.5. The van der Waals surface area contributed by atoms with Gasteiger partial charge < -0.3 is 14.2 Å². The van der Waals surface area contributed by atoms with Crippen molar-refractivity contribution in [3.63, 3.8) is 0 Å². The smallest absolute Gasteiger partial charge is 0.311 e. The van der Waals surface area contributed by atoms with Crippen molar-refractivity contribution in [3.05, 3.63) is 0 Å². The van der Waals surface area contributed by atoms with Crippen molar-refractivity contribution >= 4 is 29.7 Å². The highest BCUT2D eigenvalue weighted by atomic mass is 32.2. The number of ether oxygens (including phenoxy) is 3. The predicted octanol–water partition coefficient (Wildman–Crippen LogP) is 2.97. The van der Waals surface area contributed by atoms with Crippen molar-refractivity contribution in [1.82, 2.24) is 0 Å². The molecule has 4 aliphatic carbocycles. The monoisotopic (exact) mass is 434 g/mol. The molecule has 0 radical (unpaired) electrons. The lowest BCUT2D eigenvalue weighted by Gasteiger charge is -2.62. The zero-order chi connectivity index (χ0) is 20.9. The predicted molar refractivity (Wildman–Crippen MR) is 108 cm³/mol. The molecule has 6 bridgehead atoms. The molecule has 6 atom stereocenters. The fourth-order valence-corrected chi connectivity index (χ4v) is 10.3. The molecular formula is C23H30O6S. The lowest BCUT2D eigenvalue weighted by molar-refractivity contribution is -0.229. The minimum Gasteiger partial charge on any atom is -0.458 e. The fraction of sp³-hybridized carbons (Fsp3) is 0.870. The molecule has 7 aliphatic rings. The third-order valence-electron chi connectivity index (χ3n) is 9.07. The first kappa shape index (κ1) is 19.4. The number of carbonyl (C=O) groups is 3. The van der Waals surface area contributed by atoms with Gasteiger partial charge in [0.15, 0.2) is 12.2 Å². The summed E-state index contributed by atoms with van der Waals surface area (Å²) in [6.45, 7) is 5.74. The number of hydrogen-bond acceptors (Lipinski definition) is 7. The molecule has 164 valence electrons. The molecule has 3 heterocycles. The minimum absolute atomic E-state index is 0.113. The Morgan fingerprint density at radius 1 is 1.07 bits per heavy atom. The molecule has 3 saturated heterocycles. The lowest BCUT2D eigenvalue weighted by atomic mass is 9.47. The van der Waals surface area contributed by atoms with Crippen LogP contribution >= 0.6 is 11.8 Å². The van der Waals surface area contributed by atoms with E-state index in [-0.39, 0.29) is 28.4 Å². The van der Waals surface area contributed by atoms with E-state index < -0.39 is 35.6 Å². The molecule has 7 heteroatoms. The highest BCUT2D eigenvalue weighted by Crippen LogP contribution is 2.63. The highest BCUT2D eigenvalue weighted by Gasteiger charge is 2.72. The van der Waals surface area contributed by atoms with E-state index in [9.17, 15) is 14.4 Å². The molecule has 0 N–H and O–H groups in total. The second kappa shape index (κ2) is 6.39. The number of esters is 3. The molecule has 0 aromatic rings. The van der Waals surface area contributed by atoms with Crippen LogP contribution in [-0.2, 0) is 28.6 Å². The van der Waals surface area contributed by atoms with Gasteiger partial charge in [-0.15, -0.1) is 11.8 Å². The van der Waals surface area contributed by atoms with Gasteiger partial charge in [-0.25, -0.2) is 0 Å². The number of thioether (sulfide) groups is 1. The van der Waals surface area contributed by atoms with Crippen LogP contribution in [-0.4, -0.2) is 46.2 Å². The zero-order valence-electron chi connectivity index (χ0n) is 17.7. The summed E-state index contributed by atoms with van der Waals surface area (Å²) in [6.07, 6.45) is 5.01. The van der Waals surface area contributed by atoms with Crippen molar-refractivity contribution < 1.29 is 28.6 Å². The summed E-state index contributed by atoms with van der Waals surface area (Å²) >= 11 is 1.57. The van der Waals surface area contributed by atoms with E-state index >= 15 is 0 Å². The number of carbonyl (C=O) groups excluding carboxylic acids is 3. The van der Waals surface area contributed by atoms with Crippen LogP contribution in [0, 0.1) is 41.4 Å². The molecule has 7 fully saturated rings. The first-order valence-electron chi connectivity index (χ1n) is 11.6. The minimum atomic E-state index is -0.580. The Kier molecular flexibility index (Phi) is 4.14. The van der Waals surface area contributed by atoms with Crippen molar-refractivity contribution in [2.24, 2.45) is 41.4 Å². The lowest BCUT2D eigenvalue weighted by Crippen LogP contribution is -2.63. The van der Waals surface area contributed by atoms with Gasteiger partial charge in [-0.3, -0.25) is 14.4 Å². The molecule has 6 nitrogen and oxygen atoms in total. The fourth-order valence-electron chi connectivity index (χ4n) is 8.32. The van der Waals surface area contributed by atoms with Crippen LogP contribution in [0.3, 0.4) is 0 Å². The number of hydrogen-bond donors (Lipinski definition) is 0. The van der Waals surface area contributed by atoms with Crippen LogP contribution in [0.1, 0.15) is 52.9 Å². The molecule has 7 rings (SSSR count). The summed E-state index contributed by atoms with van der Waals surface area (Å²) in [4.78, 5) is 38.0. The van der Waals surface area contributed by atoms with Gasteiger partial charge in [0, 0.05) is 6.92 Å². The Balaban J connectivity index is 1.30. The average Bonchev–Trinajstić information content (AvgIpc) is 3.27. The van der Waals surface area contributed by atoms with Crippen LogP contribution in [0.15, 0.2) is 0 Å².